The van der Waals surface area contributed by atoms with Gasteiger partial charge < -0.3 is 19.9 Å². The van der Waals surface area contributed by atoms with Gasteiger partial charge in [-0.05, 0) is 36.7 Å². The topological polar surface area (TPSA) is 53.7 Å². The van der Waals surface area contributed by atoms with Gasteiger partial charge in [-0.25, -0.2) is 0 Å². The van der Waals surface area contributed by atoms with Gasteiger partial charge in [-0.15, -0.1) is 0 Å². The number of halogens is 1. The molecule has 0 heterocycles. The molecule has 0 amide bonds. The summed E-state index contributed by atoms with van der Waals surface area (Å²) in [6.07, 6.45) is 0.835. The van der Waals surface area contributed by atoms with Crippen LogP contribution in [0.4, 0.5) is 0 Å². The highest BCUT2D eigenvalue weighted by molar-refractivity contribution is 9.10. The second kappa shape index (κ2) is 9.33. The van der Waals surface area contributed by atoms with Gasteiger partial charge in [0.15, 0.2) is 0 Å². The lowest BCUT2D eigenvalue weighted by Gasteiger charge is -2.09. The summed E-state index contributed by atoms with van der Waals surface area (Å²) >= 11 is 3.49. The third-order valence-corrected chi connectivity index (χ3v) is 3.13. The second-order valence-corrected chi connectivity index (χ2v) is 4.60. The minimum absolute atomic E-state index is 0.535. The van der Waals surface area contributed by atoms with E-state index in [9.17, 15) is 0 Å². The maximum absolute atomic E-state index is 5.60. The zero-order valence-electron chi connectivity index (χ0n) is 10.7. The van der Waals surface area contributed by atoms with Crippen molar-refractivity contribution in [1.82, 2.24) is 0 Å². The van der Waals surface area contributed by atoms with Crippen molar-refractivity contribution >= 4 is 15.9 Å². The molecule has 0 aromatic heterocycles. The average molecular weight is 318 g/mol. The molecule has 0 atom stereocenters. The molecule has 0 radical (unpaired) electrons. The van der Waals surface area contributed by atoms with Crippen LogP contribution in [0.15, 0.2) is 22.7 Å². The molecule has 0 bridgehead atoms. The molecule has 0 spiro atoms. The fourth-order valence-electron chi connectivity index (χ4n) is 1.45. The first-order valence-electron chi connectivity index (χ1n) is 5.96. The summed E-state index contributed by atoms with van der Waals surface area (Å²) in [5.74, 6) is 0.844. The van der Waals surface area contributed by atoms with Gasteiger partial charge in [0.25, 0.3) is 0 Å². The molecule has 5 heteroatoms. The zero-order valence-corrected chi connectivity index (χ0v) is 12.2. The summed E-state index contributed by atoms with van der Waals surface area (Å²) in [6, 6.07) is 5.91. The molecule has 4 nitrogen and oxygen atoms in total. The SMILES string of the molecule is COCCOCCOc1ccc(Br)c(CCN)c1. The minimum atomic E-state index is 0.535. The molecule has 0 aliphatic heterocycles. The Morgan fingerprint density at radius 3 is 2.67 bits per heavy atom. The van der Waals surface area contributed by atoms with Crippen molar-refractivity contribution in [1.29, 1.82) is 0 Å². The van der Waals surface area contributed by atoms with Crippen molar-refractivity contribution < 1.29 is 14.2 Å². The van der Waals surface area contributed by atoms with Crippen molar-refractivity contribution in [2.75, 3.05) is 40.1 Å². The van der Waals surface area contributed by atoms with Crippen LogP contribution in [0.1, 0.15) is 5.56 Å². The van der Waals surface area contributed by atoms with Crippen LogP contribution < -0.4 is 10.5 Å². The number of rotatable bonds is 9. The monoisotopic (exact) mass is 317 g/mol. The van der Waals surface area contributed by atoms with E-state index in [0.29, 0.717) is 33.0 Å². The first-order chi connectivity index (χ1) is 8.77. The third kappa shape index (κ3) is 5.82. The lowest BCUT2D eigenvalue weighted by molar-refractivity contribution is 0.0544. The summed E-state index contributed by atoms with van der Waals surface area (Å²) in [4.78, 5) is 0. The van der Waals surface area contributed by atoms with E-state index in [2.05, 4.69) is 15.9 Å². The predicted octanol–water partition coefficient (Wildman–Crippen LogP) is 1.99. The number of hydrogen-bond acceptors (Lipinski definition) is 4. The maximum atomic E-state index is 5.60. The molecule has 0 saturated carbocycles. The van der Waals surface area contributed by atoms with Crippen LogP contribution in [0.25, 0.3) is 0 Å². The van der Waals surface area contributed by atoms with Crippen LogP contribution in [0.2, 0.25) is 0 Å². The van der Waals surface area contributed by atoms with Crippen LogP contribution >= 0.6 is 15.9 Å². The lowest BCUT2D eigenvalue weighted by atomic mass is 10.1. The highest BCUT2D eigenvalue weighted by atomic mass is 79.9. The van der Waals surface area contributed by atoms with E-state index in [1.165, 1.54) is 0 Å². The Morgan fingerprint density at radius 1 is 1.17 bits per heavy atom. The summed E-state index contributed by atoms with van der Waals surface area (Å²) in [5, 5.41) is 0. The minimum Gasteiger partial charge on any atom is -0.491 e. The van der Waals surface area contributed by atoms with Crippen molar-refractivity contribution in [3.05, 3.63) is 28.2 Å². The molecular formula is C13H20BrNO3. The van der Waals surface area contributed by atoms with Crippen LogP contribution in [0, 0.1) is 0 Å². The summed E-state index contributed by atoms with van der Waals surface area (Å²) in [5.41, 5.74) is 6.72. The molecule has 102 valence electrons. The van der Waals surface area contributed by atoms with E-state index in [0.717, 1.165) is 22.2 Å². The zero-order chi connectivity index (χ0) is 13.2. The van der Waals surface area contributed by atoms with E-state index in [-0.39, 0.29) is 0 Å². The molecule has 1 aromatic rings. The Balaban J connectivity index is 2.31. The predicted molar refractivity (Wildman–Crippen MR) is 75.1 cm³/mol. The Bertz CT molecular complexity index is 347. The number of nitrogens with two attached hydrogens (primary N) is 1. The lowest BCUT2D eigenvalue weighted by Crippen LogP contribution is -2.10. The van der Waals surface area contributed by atoms with Crippen LogP contribution in [0.5, 0.6) is 5.75 Å². The maximum Gasteiger partial charge on any atom is 0.119 e. The molecule has 0 saturated heterocycles. The first-order valence-corrected chi connectivity index (χ1v) is 6.75. The normalized spacial score (nSPS) is 10.6. The highest BCUT2D eigenvalue weighted by Crippen LogP contribution is 2.22. The highest BCUT2D eigenvalue weighted by Gasteiger charge is 2.02. The van der Waals surface area contributed by atoms with E-state index in [1.54, 1.807) is 7.11 Å². The molecule has 0 fully saturated rings. The number of ether oxygens (including phenoxy) is 3. The smallest absolute Gasteiger partial charge is 0.119 e. The molecule has 0 unspecified atom stereocenters. The van der Waals surface area contributed by atoms with Gasteiger partial charge in [-0.2, -0.15) is 0 Å². The molecule has 0 aliphatic rings. The first kappa shape index (κ1) is 15.4. The van der Waals surface area contributed by atoms with Gasteiger partial charge in [-0.3, -0.25) is 0 Å². The molecule has 18 heavy (non-hydrogen) atoms. The van der Waals surface area contributed by atoms with Crippen molar-refractivity contribution in [3.8, 4) is 5.75 Å². The molecule has 2 N–H and O–H groups in total. The van der Waals surface area contributed by atoms with Gasteiger partial charge in [0.1, 0.15) is 12.4 Å². The quantitative estimate of drug-likeness (QED) is 0.708. The second-order valence-electron chi connectivity index (χ2n) is 3.75. The average Bonchev–Trinajstić information content (AvgIpc) is 2.37. The Kier molecular flexibility index (Phi) is 8.00. The Labute approximate surface area is 117 Å². The van der Waals surface area contributed by atoms with Crippen LogP contribution in [-0.4, -0.2) is 40.1 Å². The fraction of sp³-hybridized carbons (Fsp3) is 0.538. The molecule has 0 aliphatic carbocycles. The van der Waals surface area contributed by atoms with Gasteiger partial charge in [0, 0.05) is 11.6 Å². The van der Waals surface area contributed by atoms with E-state index < -0.39 is 0 Å². The number of hydrogen-bond donors (Lipinski definition) is 1. The number of benzene rings is 1. The van der Waals surface area contributed by atoms with Crippen molar-refractivity contribution in [2.24, 2.45) is 5.73 Å². The molecule has 1 aromatic carbocycles. The summed E-state index contributed by atoms with van der Waals surface area (Å²) in [6.45, 7) is 2.93. The number of methoxy groups -OCH3 is 1. The Morgan fingerprint density at radius 2 is 1.94 bits per heavy atom. The van der Waals surface area contributed by atoms with Crippen LogP contribution in [-0.2, 0) is 15.9 Å². The van der Waals surface area contributed by atoms with Gasteiger partial charge >= 0.3 is 0 Å². The third-order valence-electron chi connectivity index (χ3n) is 2.36. The van der Waals surface area contributed by atoms with Crippen LogP contribution in [0.3, 0.4) is 0 Å². The van der Waals surface area contributed by atoms with Gasteiger partial charge in [-0.1, -0.05) is 15.9 Å². The standard InChI is InChI=1S/C13H20BrNO3/c1-16-6-7-17-8-9-18-12-2-3-13(14)11(10-12)4-5-15/h2-3,10H,4-9,15H2,1H3. The Hall–Kier alpha value is -0.620. The fourth-order valence-corrected chi connectivity index (χ4v) is 1.90. The van der Waals surface area contributed by atoms with Crippen molar-refractivity contribution in [3.63, 3.8) is 0 Å². The van der Waals surface area contributed by atoms with Gasteiger partial charge in [0.05, 0.1) is 19.8 Å². The molecule has 1 rings (SSSR count). The summed E-state index contributed by atoms with van der Waals surface area (Å²) in [7, 11) is 1.65. The largest absolute Gasteiger partial charge is 0.491 e. The van der Waals surface area contributed by atoms with Crippen molar-refractivity contribution in [2.45, 2.75) is 6.42 Å². The summed E-state index contributed by atoms with van der Waals surface area (Å²) < 4.78 is 16.9. The van der Waals surface area contributed by atoms with E-state index >= 15 is 0 Å². The van der Waals surface area contributed by atoms with Gasteiger partial charge in [0.2, 0.25) is 0 Å². The van der Waals surface area contributed by atoms with E-state index in [4.69, 9.17) is 19.9 Å². The molecular weight excluding hydrogens is 298 g/mol. The van der Waals surface area contributed by atoms with E-state index in [1.807, 2.05) is 18.2 Å².